The zero-order valence-corrected chi connectivity index (χ0v) is 17.1. The van der Waals surface area contributed by atoms with E-state index in [1.165, 1.54) is 16.8 Å². The fourth-order valence-electron chi connectivity index (χ4n) is 3.56. The molecule has 1 atom stereocenters. The summed E-state index contributed by atoms with van der Waals surface area (Å²) < 4.78 is 0. The molecule has 1 N–H and O–H groups in total. The molecular weight excluding hydrogens is 358 g/mol. The van der Waals surface area contributed by atoms with Crippen molar-refractivity contribution in [1.29, 1.82) is 0 Å². The molecule has 0 radical (unpaired) electrons. The second-order valence-electron chi connectivity index (χ2n) is 7.21. The average Bonchev–Trinajstić information content (AvgIpc) is 2.68. The summed E-state index contributed by atoms with van der Waals surface area (Å²) in [6.45, 7) is 9.93. The Morgan fingerprint density at radius 1 is 1.07 bits per heavy atom. The molecule has 1 aliphatic rings. The number of aryl methyl sites for hydroxylation is 1. The molecule has 2 aromatic carbocycles. The van der Waals surface area contributed by atoms with Gasteiger partial charge in [-0.25, -0.2) is 0 Å². The van der Waals surface area contributed by atoms with E-state index in [0.29, 0.717) is 6.54 Å². The van der Waals surface area contributed by atoms with Crippen molar-refractivity contribution < 1.29 is 4.79 Å². The van der Waals surface area contributed by atoms with E-state index in [9.17, 15) is 4.79 Å². The van der Waals surface area contributed by atoms with Crippen molar-refractivity contribution in [2.75, 3.05) is 37.6 Å². The quantitative estimate of drug-likeness (QED) is 0.846. The van der Waals surface area contributed by atoms with Crippen LogP contribution in [-0.2, 0) is 4.79 Å². The molecule has 5 heteroatoms. The Bertz CT molecular complexity index is 800. The van der Waals surface area contributed by atoms with Gasteiger partial charge < -0.3 is 15.1 Å². The molecular formula is C22H28ClN3O. The molecule has 0 unspecified atom stereocenters. The normalized spacial score (nSPS) is 15.7. The predicted molar refractivity (Wildman–Crippen MR) is 113 cm³/mol. The lowest BCUT2D eigenvalue weighted by molar-refractivity contribution is -0.130. The van der Waals surface area contributed by atoms with Gasteiger partial charge in [0, 0.05) is 42.9 Å². The highest BCUT2D eigenvalue weighted by molar-refractivity contribution is 6.31. The van der Waals surface area contributed by atoms with Crippen molar-refractivity contribution in [1.82, 2.24) is 10.2 Å². The minimum Gasteiger partial charge on any atom is -0.368 e. The van der Waals surface area contributed by atoms with Crippen LogP contribution >= 0.6 is 11.6 Å². The second kappa shape index (κ2) is 8.77. The second-order valence-corrected chi connectivity index (χ2v) is 7.62. The van der Waals surface area contributed by atoms with Crippen LogP contribution in [0.25, 0.3) is 0 Å². The summed E-state index contributed by atoms with van der Waals surface area (Å²) in [5.41, 5.74) is 4.94. The fraction of sp³-hybridized carbons (Fsp3) is 0.409. The monoisotopic (exact) mass is 385 g/mol. The molecule has 3 rings (SSSR count). The number of amides is 1. The number of nitrogens with one attached hydrogen (secondary N) is 1. The number of anilines is 1. The smallest absolute Gasteiger partial charge is 0.236 e. The van der Waals surface area contributed by atoms with E-state index in [2.05, 4.69) is 42.3 Å². The largest absolute Gasteiger partial charge is 0.368 e. The van der Waals surface area contributed by atoms with Crippen LogP contribution in [0.5, 0.6) is 0 Å². The molecule has 0 aliphatic carbocycles. The van der Waals surface area contributed by atoms with Crippen molar-refractivity contribution >= 4 is 23.2 Å². The Morgan fingerprint density at radius 2 is 1.78 bits per heavy atom. The Balaban J connectivity index is 1.51. The molecule has 0 bridgehead atoms. The average molecular weight is 386 g/mol. The Kier molecular flexibility index (Phi) is 6.40. The lowest BCUT2D eigenvalue weighted by Crippen LogP contribution is -2.51. The molecule has 144 valence electrons. The van der Waals surface area contributed by atoms with E-state index >= 15 is 0 Å². The molecule has 1 heterocycles. The molecule has 2 aromatic rings. The first kappa shape index (κ1) is 19.7. The molecule has 0 aromatic heterocycles. The first-order valence-electron chi connectivity index (χ1n) is 9.54. The van der Waals surface area contributed by atoms with Gasteiger partial charge in [-0.05, 0) is 49.6 Å². The first-order chi connectivity index (χ1) is 13.0. The molecule has 27 heavy (non-hydrogen) atoms. The molecule has 1 aliphatic heterocycles. The van der Waals surface area contributed by atoms with Crippen LogP contribution in [0.4, 0.5) is 5.69 Å². The van der Waals surface area contributed by atoms with Crippen LogP contribution in [0.3, 0.4) is 0 Å². The maximum Gasteiger partial charge on any atom is 0.236 e. The first-order valence-corrected chi connectivity index (χ1v) is 9.92. The number of nitrogens with zero attached hydrogens (tertiary/aromatic N) is 2. The summed E-state index contributed by atoms with van der Waals surface area (Å²) in [5, 5.41) is 4.04. The standard InChI is InChI=1S/C22H28ClN3O/c1-16-7-6-10-21(17(16)2)25-11-13-26(14-12-25)22(27)15-24-18(3)19-8-4-5-9-20(19)23/h4-10,18,24H,11-15H2,1-3H3/t18-/m1/s1. The highest BCUT2D eigenvalue weighted by Crippen LogP contribution is 2.24. The summed E-state index contributed by atoms with van der Waals surface area (Å²) in [4.78, 5) is 16.9. The number of carbonyl (C=O) groups is 1. The van der Waals surface area contributed by atoms with Crippen LogP contribution in [-0.4, -0.2) is 43.5 Å². The number of rotatable bonds is 5. The van der Waals surface area contributed by atoms with Gasteiger partial charge in [-0.15, -0.1) is 0 Å². The fourth-order valence-corrected chi connectivity index (χ4v) is 3.86. The molecule has 0 saturated carbocycles. The number of hydrogen-bond donors (Lipinski definition) is 1. The van der Waals surface area contributed by atoms with Crippen molar-refractivity contribution in [2.24, 2.45) is 0 Å². The number of hydrogen-bond acceptors (Lipinski definition) is 3. The van der Waals surface area contributed by atoms with Gasteiger partial charge >= 0.3 is 0 Å². The van der Waals surface area contributed by atoms with Crippen molar-refractivity contribution in [3.05, 3.63) is 64.2 Å². The highest BCUT2D eigenvalue weighted by Gasteiger charge is 2.22. The number of carbonyl (C=O) groups excluding carboxylic acids is 1. The zero-order chi connectivity index (χ0) is 19.4. The van der Waals surface area contributed by atoms with Crippen LogP contribution in [0.15, 0.2) is 42.5 Å². The van der Waals surface area contributed by atoms with E-state index in [1.807, 2.05) is 36.1 Å². The summed E-state index contributed by atoms with van der Waals surface area (Å²) >= 11 is 6.24. The summed E-state index contributed by atoms with van der Waals surface area (Å²) in [6, 6.07) is 14.2. The third-order valence-corrected chi connectivity index (χ3v) is 5.82. The maximum atomic E-state index is 12.6. The Labute approximate surface area is 167 Å². The van der Waals surface area contributed by atoms with Crippen molar-refractivity contribution in [3.8, 4) is 0 Å². The SMILES string of the molecule is Cc1cccc(N2CCN(C(=O)CN[C@H](C)c3ccccc3Cl)CC2)c1C. The minimum absolute atomic E-state index is 0.0406. The molecule has 1 fully saturated rings. The third-order valence-electron chi connectivity index (χ3n) is 5.48. The van der Waals surface area contributed by atoms with Crippen LogP contribution in [0, 0.1) is 13.8 Å². The minimum atomic E-state index is 0.0406. The van der Waals surface area contributed by atoms with Crippen LogP contribution in [0.1, 0.15) is 29.7 Å². The lowest BCUT2D eigenvalue weighted by atomic mass is 10.1. The summed E-state index contributed by atoms with van der Waals surface area (Å²) in [7, 11) is 0. The van der Waals surface area contributed by atoms with Gasteiger partial charge in [0.05, 0.1) is 6.54 Å². The van der Waals surface area contributed by atoms with E-state index in [-0.39, 0.29) is 11.9 Å². The Hall–Kier alpha value is -2.04. The van der Waals surface area contributed by atoms with E-state index in [1.54, 1.807) is 0 Å². The van der Waals surface area contributed by atoms with E-state index in [0.717, 1.165) is 36.8 Å². The third kappa shape index (κ3) is 4.63. The van der Waals surface area contributed by atoms with Crippen LogP contribution < -0.4 is 10.2 Å². The number of benzene rings is 2. The van der Waals surface area contributed by atoms with Gasteiger partial charge in [0.1, 0.15) is 0 Å². The van der Waals surface area contributed by atoms with Gasteiger partial charge in [-0.2, -0.15) is 0 Å². The molecule has 1 saturated heterocycles. The number of piperazine rings is 1. The molecule has 1 amide bonds. The maximum absolute atomic E-state index is 12.6. The van der Waals surface area contributed by atoms with Gasteiger partial charge in [-0.1, -0.05) is 41.9 Å². The van der Waals surface area contributed by atoms with Crippen LogP contribution in [0.2, 0.25) is 5.02 Å². The molecule has 0 spiro atoms. The zero-order valence-electron chi connectivity index (χ0n) is 16.3. The number of halogens is 1. The van der Waals surface area contributed by atoms with Gasteiger partial charge in [0.25, 0.3) is 0 Å². The van der Waals surface area contributed by atoms with Gasteiger partial charge in [0.15, 0.2) is 0 Å². The van der Waals surface area contributed by atoms with Crippen molar-refractivity contribution in [2.45, 2.75) is 26.8 Å². The van der Waals surface area contributed by atoms with Crippen molar-refractivity contribution in [3.63, 3.8) is 0 Å². The van der Waals surface area contributed by atoms with E-state index < -0.39 is 0 Å². The topological polar surface area (TPSA) is 35.6 Å². The van der Waals surface area contributed by atoms with E-state index in [4.69, 9.17) is 11.6 Å². The summed E-state index contributed by atoms with van der Waals surface area (Å²) in [5.74, 6) is 0.148. The van der Waals surface area contributed by atoms with Gasteiger partial charge in [0.2, 0.25) is 5.91 Å². The summed E-state index contributed by atoms with van der Waals surface area (Å²) in [6.07, 6.45) is 0. The van der Waals surface area contributed by atoms with Gasteiger partial charge in [-0.3, -0.25) is 4.79 Å². The predicted octanol–water partition coefficient (Wildman–Crippen LogP) is 3.96. The Morgan fingerprint density at radius 3 is 2.48 bits per heavy atom. The molecule has 4 nitrogen and oxygen atoms in total. The lowest BCUT2D eigenvalue weighted by Gasteiger charge is -2.37. The highest BCUT2D eigenvalue weighted by atomic mass is 35.5.